The van der Waals surface area contributed by atoms with Crippen molar-refractivity contribution in [3.8, 4) is 0 Å². The van der Waals surface area contributed by atoms with Crippen LogP contribution in [0.15, 0.2) is 17.3 Å². The van der Waals surface area contributed by atoms with Crippen LogP contribution in [0.2, 0.25) is 15.1 Å². The maximum Gasteiger partial charge on any atom is 0.0785 e. The van der Waals surface area contributed by atoms with Crippen LogP contribution in [0.5, 0.6) is 0 Å². The average molecular weight is 224 g/mol. The van der Waals surface area contributed by atoms with Gasteiger partial charge >= 0.3 is 0 Å². The lowest BCUT2D eigenvalue weighted by Gasteiger charge is -2.00. The topological polar surface area (TPSA) is 32.6 Å². The highest BCUT2D eigenvalue weighted by Crippen LogP contribution is 2.31. The SMILES string of the molecule is ON=Cc1ccc(Cl)c(Cl)c1Cl. The van der Waals surface area contributed by atoms with E-state index in [0.29, 0.717) is 10.6 Å². The second-order valence-electron chi connectivity index (χ2n) is 2.01. The summed E-state index contributed by atoms with van der Waals surface area (Å²) < 4.78 is 0. The molecule has 0 spiro atoms. The first-order chi connectivity index (χ1) is 5.66. The van der Waals surface area contributed by atoms with E-state index < -0.39 is 0 Å². The van der Waals surface area contributed by atoms with E-state index in [1.807, 2.05) is 0 Å². The Hall–Kier alpha value is -0.440. The smallest absolute Gasteiger partial charge is 0.0785 e. The molecule has 2 nitrogen and oxygen atoms in total. The maximum atomic E-state index is 8.24. The first-order valence-electron chi connectivity index (χ1n) is 2.97. The maximum absolute atomic E-state index is 8.24. The van der Waals surface area contributed by atoms with Crippen LogP contribution >= 0.6 is 34.8 Å². The molecule has 5 heteroatoms. The molecule has 0 aliphatic rings. The molecule has 12 heavy (non-hydrogen) atoms. The van der Waals surface area contributed by atoms with Crippen molar-refractivity contribution in [3.05, 3.63) is 32.8 Å². The molecule has 0 aliphatic carbocycles. The van der Waals surface area contributed by atoms with E-state index in [1.54, 1.807) is 12.1 Å². The third-order valence-electron chi connectivity index (χ3n) is 1.26. The predicted molar refractivity (Wildman–Crippen MR) is 50.9 cm³/mol. The van der Waals surface area contributed by atoms with Gasteiger partial charge in [-0.3, -0.25) is 0 Å². The summed E-state index contributed by atoms with van der Waals surface area (Å²) in [7, 11) is 0. The lowest BCUT2D eigenvalue weighted by molar-refractivity contribution is 0.322. The van der Waals surface area contributed by atoms with Crippen LogP contribution in [0.3, 0.4) is 0 Å². The molecule has 0 heterocycles. The Balaban J connectivity index is 3.26. The van der Waals surface area contributed by atoms with Gasteiger partial charge in [-0.25, -0.2) is 0 Å². The molecule has 0 amide bonds. The monoisotopic (exact) mass is 223 g/mol. The van der Waals surface area contributed by atoms with Gasteiger partial charge in [0.05, 0.1) is 21.3 Å². The van der Waals surface area contributed by atoms with Gasteiger partial charge in [-0.05, 0) is 6.07 Å². The number of hydrogen-bond donors (Lipinski definition) is 1. The van der Waals surface area contributed by atoms with Crippen LogP contribution in [-0.2, 0) is 0 Å². The summed E-state index contributed by atoms with van der Waals surface area (Å²) in [6.45, 7) is 0. The Morgan fingerprint density at radius 2 is 1.83 bits per heavy atom. The van der Waals surface area contributed by atoms with Crippen LogP contribution in [-0.4, -0.2) is 11.4 Å². The largest absolute Gasteiger partial charge is 0.411 e. The number of halogens is 3. The summed E-state index contributed by atoms with van der Waals surface area (Å²) in [6.07, 6.45) is 1.19. The fourth-order valence-electron chi connectivity index (χ4n) is 0.703. The molecule has 0 radical (unpaired) electrons. The molecule has 0 bridgehead atoms. The molecule has 1 N–H and O–H groups in total. The summed E-state index contributed by atoms with van der Waals surface area (Å²) in [5, 5.41) is 12.0. The molecule has 0 unspecified atom stereocenters. The van der Waals surface area contributed by atoms with Crippen LogP contribution in [0, 0.1) is 0 Å². The highest BCUT2D eigenvalue weighted by molar-refractivity contribution is 6.48. The Morgan fingerprint density at radius 3 is 2.42 bits per heavy atom. The van der Waals surface area contributed by atoms with Gasteiger partial charge in [-0.2, -0.15) is 0 Å². The molecule has 0 saturated carbocycles. The van der Waals surface area contributed by atoms with Gasteiger partial charge in [-0.1, -0.05) is 46.0 Å². The number of hydrogen-bond acceptors (Lipinski definition) is 2. The Bertz CT molecular complexity index is 325. The summed E-state index contributed by atoms with van der Waals surface area (Å²) >= 11 is 17.1. The Morgan fingerprint density at radius 1 is 1.17 bits per heavy atom. The van der Waals surface area contributed by atoms with Crippen LogP contribution in [0.25, 0.3) is 0 Å². The molecule has 0 aromatic heterocycles. The zero-order chi connectivity index (χ0) is 9.14. The molecule has 0 aliphatic heterocycles. The zero-order valence-electron chi connectivity index (χ0n) is 5.76. The predicted octanol–water partition coefficient (Wildman–Crippen LogP) is 3.45. The van der Waals surface area contributed by atoms with Gasteiger partial charge < -0.3 is 5.21 Å². The Labute approximate surface area is 84.3 Å². The Kier molecular flexibility index (Phi) is 3.20. The molecule has 0 atom stereocenters. The molecule has 64 valence electrons. The second kappa shape index (κ2) is 3.99. The van der Waals surface area contributed by atoms with Crippen molar-refractivity contribution < 1.29 is 5.21 Å². The van der Waals surface area contributed by atoms with Crippen molar-refractivity contribution in [2.45, 2.75) is 0 Å². The van der Waals surface area contributed by atoms with Crippen molar-refractivity contribution >= 4 is 41.0 Å². The number of rotatable bonds is 1. The molecule has 1 aromatic carbocycles. The van der Waals surface area contributed by atoms with E-state index in [0.717, 1.165) is 0 Å². The van der Waals surface area contributed by atoms with Crippen LogP contribution in [0.4, 0.5) is 0 Å². The summed E-state index contributed by atoms with van der Waals surface area (Å²) in [5.74, 6) is 0. The van der Waals surface area contributed by atoms with E-state index in [4.69, 9.17) is 40.0 Å². The summed E-state index contributed by atoms with van der Waals surface area (Å²) in [5.41, 5.74) is 0.522. The van der Waals surface area contributed by atoms with Gasteiger partial charge in [0, 0.05) is 5.56 Å². The van der Waals surface area contributed by atoms with Crippen molar-refractivity contribution in [3.63, 3.8) is 0 Å². The normalized spacial score (nSPS) is 10.9. The van der Waals surface area contributed by atoms with Crippen LogP contribution in [0.1, 0.15) is 5.56 Å². The van der Waals surface area contributed by atoms with Gasteiger partial charge in [-0.15, -0.1) is 0 Å². The third-order valence-corrected chi connectivity index (χ3v) is 2.57. The van der Waals surface area contributed by atoms with Gasteiger partial charge in [0.2, 0.25) is 0 Å². The van der Waals surface area contributed by atoms with E-state index in [9.17, 15) is 0 Å². The van der Waals surface area contributed by atoms with E-state index in [2.05, 4.69) is 5.16 Å². The molecular weight excluding hydrogens is 220 g/mol. The van der Waals surface area contributed by atoms with Gasteiger partial charge in [0.1, 0.15) is 0 Å². The minimum atomic E-state index is 0.260. The minimum Gasteiger partial charge on any atom is -0.411 e. The molecule has 1 aromatic rings. The van der Waals surface area contributed by atoms with Crippen molar-refractivity contribution in [1.29, 1.82) is 0 Å². The fraction of sp³-hybridized carbons (Fsp3) is 0. The molecule has 0 saturated heterocycles. The van der Waals surface area contributed by atoms with Crippen molar-refractivity contribution in [2.24, 2.45) is 5.16 Å². The fourth-order valence-corrected chi connectivity index (χ4v) is 1.29. The van der Waals surface area contributed by atoms with Crippen LogP contribution < -0.4 is 0 Å². The molecule has 0 fully saturated rings. The lowest BCUT2D eigenvalue weighted by atomic mass is 10.2. The summed E-state index contributed by atoms with van der Waals surface area (Å²) in [6, 6.07) is 3.18. The number of nitrogens with zero attached hydrogens (tertiary/aromatic N) is 1. The lowest BCUT2D eigenvalue weighted by Crippen LogP contribution is -1.84. The standard InChI is InChI=1S/C7H4Cl3NO/c8-5-2-1-4(3-11-12)6(9)7(5)10/h1-3,12H. The molecule has 1 rings (SSSR count). The van der Waals surface area contributed by atoms with Crippen molar-refractivity contribution in [2.75, 3.05) is 0 Å². The minimum absolute atomic E-state index is 0.260. The zero-order valence-corrected chi connectivity index (χ0v) is 8.03. The molecular formula is C7H4Cl3NO. The third kappa shape index (κ3) is 1.83. The van der Waals surface area contributed by atoms with Gasteiger partial charge in [0.15, 0.2) is 0 Å². The van der Waals surface area contributed by atoms with E-state index in [-0.39, 0.29) is 10.0 Å². The average Bonchev–Trinajstić information content (AvgIpc) is 2.07. The van der Waals surface area contributed by atoms with Gasteiger partial charge in [0.25, 0.3) is 0 Å². The number of benzene rings is 1. The second-order valence-corrected chi connectivity index (χ2v) is 3.17. The highest BCUT2D eigenvalue weighted by atomic mass is 35.5. The first kappa shape index (κ1) is 9.65. The summed E-state index contributed by atoms with van der Waals surface area (Å²) in [4.78, 5) is 0. The first-order valence-corrected chi connectivity index (χ1v) is 4.11. The van der Waals surface area contributed by atoms with E-state index >= 15 is 0 Å². The quantitative estimate of drug-likeness (QED) is 0.337. The number of oxime groups is 1. The highest BCUT2D eigenvalue weighted by Gasteiger charge is 2.06. The van der Waals surface area contributed by atoms with Crippen molar-refractivity contribution in [1.82, 2.24) is 0 Å². The van der Waals surface area contributed by atoms with E-state index in [1.165, 1.54) is 6.21 Å².